The fourth-order valence-corrected chi connectivity index (χ4v) is 6.18. The first-order chi connectivity index (χ1) is 20.1. The van der Waals surface area contributed by atoms with Crippen molar-refractivity contribution < 1.29 is 27.5 Å². The summed E-state index contributed by atoms with van der Waals surface area (Å²) in [4.78, 5) is 26.2. The fourth-order valence-electron chi connectivity index (χ4n) is 4.68. The van der Waals surface area contributed by atoms with E-state index in [1.54, 1.807) is 42.5 Å². The van der Waals surface area contributed by atoms with E-state index in [4.69, 9.17) is 9.47 Å². The van der Waals surface area contributed by atoms with Crippen LogP contribution in [0, 0.1) is 0 Å². The summed E-state index contributed by atoms with van der Waals surface area (Å²) in [6.45, 7) is 8.02. The van der Waals surface area contributed by atoms with Crippen LogP contribution in [0.3, 0.4) is 0 Å². The lowest BCUT2D eigenvalue weighted by Gasteiger charge is -2.24. The van der Waals surface area contributed by atoms with Crippen LogP contribution in [0.4, 0.5) is 0 Å². The van der Waals surface area contributed by atoms with E-state index < -0.39 is 28.0 Å². The highest BCUT2D eigenvalue weighted by Crippen LogP contribution is 2.34. The minimum absolute atomic E-state index is 0.0288. The van der Waals surface area contributed by atoms with Crippen molar-refractivity contribution >= 4 is 44.7 Å². The van der Waals surface area contributed by atoms with Gasteiger partial charge in [-0.3, -0.25) is 4.79 Å². The number of amides is 1. The Morgan fingerprint density at radius 2 is 1.48 bits per heavy atom. The van der Waals surface area contributed by atoms with Crippen LogP contribution in [-0.2, 0) is 32.4 Å². The van der Waals surface area contributed by atoms with Gasteiger partial charge in [-0.15, -0.1) is 0 Å². The van der Waals surface area contributed by atoms with E-state index in [1.807, 2.05) is 27.7 Å². The van der Waals surface area contributed by atoms with E-state index in [-0.39, 0.29) is 10.8 Å². The monoisotopic (exact) mass is 609 g/mol. The summed E-state index contributed by atoms with van der Waals surface area (Å²) in [7, 11) is -2.88. The average molecular weight is 610 g/mol. The lowest BCUT2D eigenvalue weighted by molar-refractivity contribution is -0.126. The molecule has 222 valence electrons. The number of hydrogen-bond acceptors (Lipinski definition) is 9. The Labute approximate surface area is 250 Å². The Morgan fingerprint density at radius 3 is 2.05 bits per heavy atom. The van der Waals surface area contributed by atoms with Crippen molar-refractivity contribution in [1.82, 2.24) is 13.5 Å². The molecule has 0 spiro atoms. The van der Waals surface area contributed by atoms with Crippen LogP contribution in [0.1, 0.15) is 85.2 Å². The van der Waals surface area contributed by atoms with Crippen LogP contribution in [0.25, 0.3) is 11.0 Å². The number of fused-ring (bicyclic) bond motifs is 1. The number of nitrogens with zero attached hydrogens (tertiary/aromatic N) is 2. The predicted molar refractivity (Wildman–Crippen MR) is 162 cm³/mol. The van der Waals surface area contributed by atoms with Gasteiger partial charge in [-0.2, -0.15) is 8.75 Å². The van der Waals surface area contributed by atoms with E-state index in [0.29, 0.717) is 40.8 Å². The number of ether oxygens (including phenoxy) is 2. The summed E-state index contributed by atoms with van der Waals surface area (Å²) < 4.78 is 48.8. The molecule has 1 N–H and O–H groups in total. The normalized spacial score (nSPS) is 12.3. The van der Waals surface area contributed by atoms with E-state index >= 15 is 0 Å². The van der Waals surface area contributed by atoms with Crippen molar-refractivity contribution in [2.45, 2.75) is 70.3 Å². The Kier molecular flexibility index (Phi) is 9.95. The molecule has 42 heavy (non-hydrogen) atoms. The van der Waals surface area contributed by atoms with Crippen molar-refractivity contribution in [1.29, 1.82) is 0 Å². The smallest absolute Gasteiger partial charge is 0.337 e. The van der Waals surface area contributed by atoms with Gasteiger partial charge in [-0.1, -0.05) is 58.7 Å². The van der Waals surface area contributed by atoms with Gasteiger partial charge in [0.2, 0.25) is 6.10 Å². The van der Waals surface area contributed by atoms with Gasteiger partial charge < -0.3 is 9.47 Å². The van der Waals surface area contributed by atoms with Gasteiger partial charge in [0.1, 0.15) is 16.8 Å². The Bertz CT molecular complexity index is 1650. The van der Waals surface area contributed by atoms with Gasteiger partial charge in [0, 0.05) is 5.56 Å². The molecular formula is C31H35N3O6S2. The number of aryl methyl sites for hydroxylation is 2. The van der Waals surface area contributed by atoms with E-state index in [0.717, 1.165) is 41.3 Å². The molecule has 1 heterocycles. The zero-order chi connectivity index (χ0) is 30.4. The number of carbonyl (C=O) groups excluding carboxylic acids is 2. The quantitative estimate of drug-likeness (QED) is 0.190. The number of aromatic nitrogens is 2. The zero-order valence-electron chi connectivity index (χ0n) is 24.3. The lowest BCUT2D eigenvalue weighted by atomic mass is 9.97. The number of carbonyl (C=O) groups is 2. The second kappa shape index (κ2) is 13.4. The molecule has 4 aromatic rings. The second-order valence-electron chi connectivity index (χ2n) is 10.3. The third-order valence-corrected chi connectivity index (χ3v) is 8.77. The van der Waals surface area contributed by atoms with Gasteiger partial charge in [0.15, 0.2) is 0 Å². The summed E-state index contributed by atoms with van der Waals surface area (Å²) in [5.41, 5.74) is 4.46. The molecular weight excluding hydrogens is 574 g/mol. The molecule has 11 heteroatoms. The topological polar surface area (TPSA) is 125 Å². The van der Waals surface area contributed by atoms with Crippen molar-refractivity contribution in [2.75, 3.05) is 7.11 Å². The van der Waals surface area contributed by atoms with Gasteiger partial charge in [-0.25, -0.2) is 17.9 Å². The van der Waals surface area contributed by atoms with E-state index in [2.05, 4.69) is 13.5 Å². The number of esters is 1. The number of methoxy groups -OCH3 is 1. The molecule has 0 aliphatic heterocycles. The standard InChI is InChI=1S/C31H35N3O6S2/c1-6-8-21-16-24(31(36)39-5)17-22(9-7-2)28(21)40-29(23-12-15-26-27(18-23)33-41-32-26)30(35)34-42(37,38)25-13-10-20(11-14-25)19(3)4/h10-19,29H,6-9H2,1-5H3,(H,34,35). The van der Waals surface area contributed by atoms with Gasteiger partial charge in [0.05, 0.1) is 29.3 Å². The van der Waals surface area contributed by atoms with Crippen molar-refractivity contribution in [3.05, 3.63) is 82.4 Å². The molecule has 1 aromatic heterocycles. The Balaban J connectivity index is 1.79. The van der Waals surface area contributed by atoms with Crippen LogP contribution in [-0.4, -0.2) is 36.2 Å². The highest BCUT2D eigenvalue weighted by molar-refractivity contribution is 7.90. The third-order valence-electron chi connectivity index (χ3n) is 6.85. The largest absolute Gasteiger partial charge is 0.475 e. The van der Waals surface area contributed by atoms with E-state index in [1.165, 1.54) is 19.2 Å². The van der Waals surface area contributed by atoms with Gasteiger partial charge in [0.25, 0.3) is 15.9 Å². The van der Waals surface area contributed by atoms with Crippen molar-refractivity contribution in [2.24, 2.45) is 0 Å². The van der Waals surface area contributed by atoms with E-state index in [9.17, 15) is 18.0 Å². The predicted octanol–water partition coefficient (Wildman–Crippen LogP) is 6.13. The molecule has 0 radical (unpaired) electrons. The fraction of sp³-hybridized carbons (Fsp3) is 0.355. The summed E-state index contributed by atoms with van der Waals surface area (Å²) >= 11 is 1.04. The summed E-state index contributed by atoms with van der Waals surface area (Å²) in [5.74, 6) is -0.653. The van der Waals surface area contributed by atoms with Gasteiger partial charge in [-0.05, 0) is 71.8 Å². The first kappa shape index (κ1) is 31.1. The SMILES string of the molecule is CCCc1cc(C(=O)OC)cc(CCC)c1OC(C(=O)NS(=O)(=O)c1ccc(C(C)C)cc1)c1ccc2nsnc2c1. The summed E-state index contributed by atoms with van der Waals surface area (Å²) in [6.07, 6.45) is 1.30. The summed E-state index contributed by atoms with van der Waals surface area (Å²) in [6, 6.07) is 14.9. The molecule has 0 saturated carbocycles. The first-order valence-corrected chi connectivity index (χ1v) is 16.1. The molecule has 1 unspecified atom stereocenters. The summed E-state index contributed by atoms with van der Waals surface area (Å²) in [5, 5.41) is 0. The molecule has 0 aliphatic carbocycles. The molecule has 0 aliphatic rings. The minimum atomic E-state index is -4.21. The van der Waals surface area contributed by atoms with Crippen LogP contribution in [0.15, 0.2) is 59.5 Å². The molecule has 0 bridgehead atoms. The van der Waals surface area contributed by atoms with Crippen LogP contribution in [0.2, 0.25) is 0 Å². The van der Waals surface area contributed by atoms with Crippen LogP contribution in [0.5, 0.6) is 5.75 Å². The maximum absolute atomic E-state index is 13.8. The first-order valence-electron chi connectivity index (χ1n) is 13.9. The number of nitrogens with one attached hydrogen (secondary N) is 1. The number of sulfonamides is 1. The maximum Gasteiger partial charge on any atom is 0.337 e. The Morgan fingerprint density at radius 1 is 0.881 bits per heavy atom. The number of rotatable bonds is 12. The molecule has 1 amide bonds. The lowest BCUT2D eigenvalue weighted by Crippen LogP contribution is -2.37. The molecule has 0 saturated heterocycles. The van der Waals surface area contributed by atoms with Crippen LogP contribution >= 0.6 is 11.7 Å². The molecule has 3 aromatic carbocycles. The van der Waals surface area contributed by atoms with Crippen LogP contribution < -0.4 is 9.46 Å². The van der Waals surface area contributed by atoms with Crippen molar-refractivity contribution in [3.63, 3.8) is 0 Å². The molecule has 0 fully saturated rings. The maximum atomic E-state index is 13.8. The number of benzene rings is 3. The van der Waals surface area contributed by atoms with Gasteiger partial charge >= 0.3 is 5.97 Å². The molecule has 4 rings (SSSR count). The molecule has 9 nitrogen and oxygen atoms in total. The number of hydrogen-bond donors (Lipinski definition) is 1. The molecule has 1 atom stereocenters. The highest BCUT2D eigenvalue weighted by atomic mass is 32.2. The highest BCUT2D eigenvalue weighted by Gasteiger charge is 2.30. The Hall–Kier alpha value is -3.83. The minimum Gasteiger partial charge on any atom is -0.475 e. The zero-order valence-corrected chi connectivity index (χ0v) is 26.0. The average Bonchev–Trinajstić information content (AvgIpc) is 3.44. The second-order valence-corrected chi connectivity index (χ2v) is 12.5. The third kappa shape index (κ3) is 6.96. The van der Waals surface area contributed by atoms with Crippen molar-refractivity contribution in [3.8, 4) is 5.75 Å².